The van der Waals surface area contributed by atoms with E-state index in [2.05, 4.69) is 15.3 Å². The number of hydrogen-bond acceptors (Lipinski definition) is 6. The molecule has 0 fully saturated rings. The fourth-order valence-corrected chi connectivity index (χ4v) is 2.81. The lowest BCUT2D eigenvalue weighted by atomic mass is 10.2. The van der Waals surface area contributed by atoms with E-state index < -0.39 is 32.6 Å². The lowest BCUT2D eigenvalue weighted by Gasteiger charge is -2.14. The fourth-order valence-electron chi connectivity index (χ4n) is 1.88. The van der Waals surface area contributed by atoms with Crippen LogP contribution in [0.5, 0.6) is 0 Å². The van der Waals surface area contributed by atoms with E-state index in [1.54, 1.807) is 0 Å². The molecule has 13 heteroatoms. The first kappa shape index (κ1) is 19.9. The Kier molecular flexibility index (Phi) is 5.39. The van der Waals surface area contributed by atoms with Crippen LogP contribution in [0.15, 0.2) is 29.3 Å². The Bertz CT molecular complexity index is 966. The summed E-state index contributed by atoms with van der Waals surface area (Å²) in [6.07, 6.45) is -3.83. The predicted molar refractivity (Wildman–Crippen MR) is 86.5 cm³/mol. The molecular formula is C13H11ClF3N5O3S. The number of nitrogens with one attached hydrogen (secondary N) is 2. The van der Waals surface area contributed by atoms with Gasteiger partial charge in [-0.2, -0.15) is 18.2 Å². The first-order valence-corrected chi connectivity index (χ1v) is 8.55. The fraction of sp³-hybridized carbons (Fsp3) is 0.154. The molecule has 0 saturated heterocycles. The third kappa shape index (κ3) is 4.39. The number of aromatic nitrogens is 2. The summed E-state index contributed by atoms with van der Waals surface area (Å²) in [5, 5.41) is 2.12. The number of halogens is 4. The molecule has 0 saturated carbocycles. The Morgan fingerprint density at radius 1 is 1.27 bits per heavy atom. The van der Waals surface area contributed by atoms with Crippen LogP contribution in [0.4, 0.5) is 24.7 Å². The summed E-state index contributed by atoms with van der Waals surface area (Å²) in [7, 11) is -3.12. The molecule has 8 nitrogen and oxygen atoms in total. The number of nitrogens with zero attached hydrogens (tertiary/aromatic N) is 2. The molecule has 0 radical (unpaired) electrons. The van der Waals surface area contributed by atoms with E-state index in [1.807, 2.05) is 4.72 Å². The molecule has 0 bridgehead atoms. The SMILES string of the molecule is CNS(=O)(=O)c1cc(Nc2nc(Cl)ncc2C(N)=O)cc(C(F)(F)F)c1. The van der Waals surface area contributed by atoms with Crippen LogP contribution < -0.4 is 15.8 Å². The van der Waals surface area contributed by atoms with Crippen molar-refractivity contribution in [2.24, 2.45) is 5.73 Å². The maximum atomic E-state index is 13.1. The van der Waals surface area contributed by atoms with Gasteiger partial charge >= 0.3 is 6.18 Å². The summed E-state index contributed by atoms with van der Waals surface area (Å²) >= 11 is 5.62. The highest BCUT2D eigenvalue weighted by atomic mass is 35.5. The quantitative estimate of drug-likeness (QED) is 0.647. The molecule has 26 heavy (non-hydrogen) atoms. The van der Waals surface area contributed by atoms with Crippen molar-refractivity contribution >= 4 is 39.0 Å². The summed E-state index contributed by atoms with van der Waals surface area (Å²) < 4.78 is 65.0. The largest absolute Gasteiger partial charge is 0.416 e. The van der Waals surface area contributed by atoms with Crippen LogP contribution in [-0.2, 0) is 16.2 Å². The average Bonchev–Trinajstić information content (AvgIpc) is 2.53. The molecule has 1 heterocycles. The number of benzene rings is 1. The van der Waals surface area contributed by atoms with Crippen molar-refractivity contribution in [3.63, 3.8) is 0 Å². The van der Waals surface area contributed by atoms with Gasteiger partial charge in [-0.25, -0.2) is 18.1 Å². The smallest absolute Gasteiger partial charge is 0.365 e. The number of anilines is 2. The molecule has 4 N–H and O–H groups in total. The normalized spacial score (nSPS) is 12.0. The van der Waals surface area contributed by atoms with Gasteiger partial charge in [-0.15, -0.1) is 0 Å². The van der Waals surface area contributed by atoms with Crippen molar-refractivity contribution in [1.82, 2.24) is 14.7 Å². The Morgan fingerprint density at radius 2 is 1.92 bits per heavy atom. The van der Waals surface area contributed by atoms with Crippen LogP contribution in [0.1, 0.15) is 15.9 Å². The molecule has 0 spiro atoms. The highest BCUT2D eigenvalue weighted by Crippen LogP contribution is 2.34. The molecule has 0 aliphatic heterocycles. The van der Waals surface area contributed by atoms with Gasteiger partial charge in [0.25, 0.3) is 5.91 Å². The first-order valence-electron chi connectivity index (χ1n) is 6.69. The number of primary amides is 1. The molecule has 1 aromatic heterocycles. The zero-order valence-corrected chi connectivity index (χ0v) is 14.5. The summed E-state index contributed by atoms with van der Waals surface area (Å²) in [5.41, 5.74) is 3.38. The topological polar surface area (TPSA) is 127 Å². The van der Waals surface area contributed by atoms with E-state index in [1.165, 1.54) is 0 Å². The van der Waals surface area contributed by atoms with Gasteiger partial charge in [0.2, 0.25) is 15.3 Å². The molecule has 2 aromatic rings. The molecule has 1 aromatic carbocycles. The van der Waals surface area contributed by atoms with Crippen LogP contribution in [0.2, 0.25) is 5.28 Å². The predicted octanol–water partition coefficient (Wildman–Crippen LogP) is 1.90. The van der Waals surface area contributed by atoms with Crippen molar-refractivity contribution in [1.29, 1.82) is 0 Å². The number of amides is 1. The minimum atomic E-state index is -4.81. The van der Waals surface area contributed by atoms with Gasteiger partial charge in [0.1, 0.15) is 11.4 Å². The number of carbonyl (C=O) groups excluding carboxylic acids is 1. The molecule has 2 rings (SSSR count). The highest BCUT2D eigenvalue weighted by Gasteiger charge is 2.32. The Balaban J connectivity index is 2.62. The Labute approximate surface area is 150 Å². The number of carbonyl (C=O) groups is 1. The van der Waals surface area contributed by atoms with Crippen molar-refractivity contribution in [2.45, 2.75) is 11.1 Å². The third-order valence-corrected chi connectivity index (χ3v) is 4.68. The zero-order chi connectivity index (χ0) is 19.7. The van der Waals surface area contributed by atoms with Gasteiger partial charge in [-0.1, -0.05) is 0 Å². The standard InChI is InChI=1S/C13H11ClF3N5O3S/c1-19-26(24,25)8-3-6(13(15,16)17)2-7(4-8)21-11-9(10(18)23)5-20-12(14)22-11/h2-5,19H,1H3,(H2,18,23)(H,20,21,22). The van der Waals surface area contributed by atoms with Crippen molar-refractivity contribution in [3.05, 3.63) is 40.8 Å². The molecule has 140 valence electrons. The summed E-state index contributed by atoms with van der Waals surface area (Å²) in [5.74, 6) is -1.23. The van der Waals surface area contributed by atoms with Crippen molar-refractivity contribution in [3.8, 4) is 0 Å². The van der Waals surface area contributed by atoms with Gasteiger partial charge in [0, 0.05) is 11.9 Å². The minimum absolute atomic E-state index is 0.246. The lowest BCUT2D eigenvalue weighted by Crippen LogP contribution is -2.20. The van der Waals surface area contributed by atoms with Crippen molar-refractivity contribution < 1.29 is 26.4 Å². The molecule has 0 aliphatic rings. The maximum absolute atomic E-state index is 13.1. The van der Waals surface area contributed by atoms with Gasteiger partial charge in [-0.3, -0.25) is 4.79 Å². The van der Waals surface area contributed by atoms with Crippen LogP contribution in [0, 0.1) is 0 Å². The number of hydrogen-bond donors (Lipinski definition) is 3. The summed E-state index contributed by atoms with van der Waals surface area (Å²) in [4.78, 5) is 18.0. The number of sulfonamides is 1. The highest BCUT2D eigenvalue weighted by molar-refractivity contribution is 7.89. The second kappa shape index (κ2) is 7.05. The minimum Gasteiger partial charge on any atom is -0.365 e. The maximum Gasteiger partial charge on any atom is 0.416 e. The molecular weight excluding hydrogens is 399 g/mol. The second-order valence-electron chi connectivity index (χ2n) is 4.84. The third-order valence-electron chi connectivity index (χ3n) is 3.10. The van der Waals surface area contributed by atoms with E-state index in [4.69, 9.17) is 17.3 Å². The molecule has 1 amide bonds. The number of rotatable bonds is 5. The average molecular weight is 410 g/mol. The zero-order valence-electron chi connectivity index (χ0n) is 12.9. The van der Waals surface area contributed by atoms with E-state index >= 15 is 0 Å². The monoisotopic (exact) mass is 409 g/mol. The van der Waals surface area contributed by atoms with E-state index in [0.717, 1.165) is 19.3 Å². The molecule has 0 unspecified atom stereocenters. The molecule has 0 atom stereocenters. The number of nitrogens with two attached hydrogens (primary N) is 1. The van der Waals surface area contributed by atoms with Gasteiger partial charge < -0.3 is 11.1 Å². The Hall–Kier alpha value is -2.44. The Morgan fingerprint density at radius 3 is 2.46 bits per heavy atom. The summed E-state index contributed by atoms with van der Waals surface area (Å²) in [6, 6.07) is 2.05. The number of alkyl halides is 3. The van der Waals surface area contributed by atoms with E-state index in [-0.39, 0.29) is 22.4 Å². The van der Waals surface area contributed by atoms with E-state index in [9.17, 15) is 26.4 Å². The van der Waals surface area contributed by atoms with Crippen LogP contribution in [0.3, 0.4) is 0 Å². The van der Waals surface area contributed by atoms with E-state index in [0.29, 0.717) is 12.1 Å². The van der Waals surface area contributed by atoms with Gasteiger partial charge in [0.15, 0.2) is 0 Å². The van der Waals surface area contributed by atoms with Crippen LogP contribution in [0.25, 0.3) is 0 Å². The summed E-state index contributed by atoms with van der Waals surface area (Å²) in [6.45, 7) is 0. The van der Waals surface area contributed by atoms with Gasteiger partial charge in [-0.05, 0) is 36.8 Å². The lowest BCUT2D eigenvalue weighted by molar-refractivity contribution is -0.137. The second-order valence-corrected chi connectivity index (χ2v) is 7.07. The van der Waals surface area contributed by atoms with Crippen molar-refractivity contribution in [2.75, 3.05) is 12.4 Å². The van der Waals surface area contributed by atoms with Crippen LogP contribution in [-0.4, -0.2) is 31.3 Å². The molecule has 0 aliphatic carbocycles. The van der Waals surface area contributed by atoms with Gasteiger partial charge in [0.05, 0.1) is 10.5 Å². The first-order chi connectivity index (χ1) is 11.9. The van der Waals surface area contributed by atoms with Crippen LogP contribution >= 0.6 is 11.6 Å².